The van der Waals surface area contributed by atoms with E-state index in [1.54, 1.807) is 19.1 Å². The van der Waals surface area contributed by atoms with E-state index in [9.17, 15) is 16.8 Å². The summed E-state index contributed by atoms with van der Waals surface area (Å²) < 4.78 is 44.3. The minimum Gasteiger partial charge on any atom is -0.309 e. The van der Waals surface area contributed by atoms with Crippen LogP contribution in [-0.2, 0) is 26.4 Å². The number of benzene rings is 1. The number of rotatable bonds is 6. The van der Waals surface area contributed by atoms with Gasteiger partial charge in [0.15, 0.2) is 0 Å². The highest BCUT2D eigenvalue weighted by atomic mass is 32.2. The lowest BCUT2D eigenvalue weighted by atomic mass is 10.2. The fourth-order valence-electron chi connectivity index (χ4n) is 1.60. The monoisotopic (exact) mass is 306 g/mol. The van der Waals surface area contributed by atoms with Crippen LogP contribution in [0.2, 0.25) is 0 Å². The number of nitrogens with one attached hydrogen (secondary N) is 1. The number of primary sulfonamides is 1. The molecule has 108 valence electrons. The molecule has 1 atom stereocenters. The first-order chi connectivity index (χ1) is 8.58. The van der Waals surface area contributed by atoms with Crippen LogP contribution in [0.1, 0.15) is 12.5 Å². The number of sulfone groups is 1. The lowest BCUT2D eigenvalue weighted by molar-refractivity contribution is 0.559. The molecule has 0 spiro atoms. The molecular formula is C11H18N2O4S2. The Kier molecular flexibility index (Phi) is 5.08. The Bertz CT molecular complexity index is 621. The van der Waals surface area contributed by atoms with Crippen LogP contribution in [0, 0.1) is 0 Å². The molecule has 3 N–H and O–H groups in total. The summed E-state index contributed by atoms with van der Waals surface area (Å²) in [6.45, 7) is 2.24. The Morgan fingerprint density at radius 2 is 1.68 bits per heavy atom. The van der Waals surface area contributed by atoms with Gasteiger partial charge in [0.25, 0.3) is 0 Å². The molecule has 0 bridgehead atoms. The molecule has 19 heavy (non-hydrogen) atoms. The van der Waals surface area contributed by atoms with Crippen molar-refractivity contribution in [2.75, 3.05) is 12.0 Å². The fraction of sp³-hybridized carbons (Fsp3) is 0.455. The van der Waals surface area contributed by atoms with Gasteiger partial charge in [0.2, 0.25) is 10.0 Å². The fourth-order valence-corrected chi connectivity index (χ4v) is 3.14. The molecule has 0 fully saturated rings. The molecule has 1 unspecified atom stereocenters. The molecule has 6 nitrogen and oxygen atoms in total. The zero-order valence-corrected chi connectivity index (χ0v) is 12.5. The summed E-state index contributed by atoms with van der Waals surface area (Å²) in [6, 6.07) is 5.95. The molecule has 0 saturated carbocycles. The SMILES string of the molecule is CC(CS(C)(=O)=O)NCc1ccc(S(N)(=O)=O)cc1. The van der Waals surface area contributed by atoms with E-state index in [2.05, 4.69) is 5.32 Å². The molecule has 0 radical (unpaired) electrons. The highest BCUT2D eigenvalue weighted by Gasteiger charge is 2.10. The van der Waals surface area contributed by atoms with Crippen molar-refractivity contribution >= 4 is 19.9 Å². The third-order valence-corrected chi connectivity index (χ3v) is 4.49. The average Bonchev–Trinajstić information content (AvgIpc) is 2.23. The normalized spacial score (nSPS) is 14.3. The number of nitrogens with two attached hydrogens (primary N) is 1. The van der Waals surface area contributed by atoms with Crippen LogP contribution in [0.5, 0.6) is 0 Å². The Morgan fingerprint density at radius 3 is 2.11 bits per heavy atom. The molecule has 0 aliphatic rings. The van der Waals surface area contributed by atoms with Crippen molar-refractivity contribution in [2.24, 2.45) is 5.14 Å². The van der Waals surface area contributed by atoms with Crippen molar-refractivity contribution < 1.29 is 16.8 Å². The van der Waals surface area contributed by atoms with E-state index in [0.717, 1.165) is 5.56 Å². The molecule has 0 aromatic heterocycles. The molecule has 0 amide bonds. The molecule has 0 heterocycles. The van der Waals surface area contributed by atoms with E-state index >= 15 is 0 Å². The van der Waals surface area contributed by atoms with Crippen molar-refractivity contribution in [3.8, 4) is 0 Å². The Morgan fingerprint density at radius 1 is 1.16 bits per heavy atom. The molecule has 0 aliphatic heterocycles. The van der Waals surface area contributed by atoms with Crippen LogP contribution in [0.25, 0.3) is 0 Å². The highest BCUT2D eigenvalue weighted by molar-refractivity contribution is 7.90. The number of hydrogen-bond acceptors (Lipinski definition) is 5. The van der Waals surface area contributed by atoms with Gasteiger partial charge in [-0.3, -0.25) is 0 Å². The Balaban J connectivity index is 2.60. The largest absolute Gasteiger partial charge is 0.309 e. The van der Waals surface area contributed by atoms with Crippen molar-refractivity contribution in [3.63, 3.8) is 0 Å². The van der Waals surface area contributed by atoms with Gasteiger partial charge < -0.3 is 5.32 Å². The third-order valence-electron chi connectivity index (χ3n) is 2.46. The van der Waals surface area contributed by atoms with Gasteiger partial charge in [0.05, 0.1) is 10.6 Å². The summed E-state index contributed by atoms with van der Waals surface area (Å²) >= 11 is 0. The van der Waals surface area contributed by atoms with E-state index < -0.39 is 19.9 Å². The lowest BCUT2D eigenvalue weighted by Gasteiger charge is -2.12. The van der Waals surface area contributed by atoms with Crippen LogP contribution in [-0.4, -0.2) is 34.9 Å². The second-order valence-corrected chi connectivity index (χ2v) is 8.31. The maximum Gasteiger partial charge on any atom is 0.238 e. The van der Waals surface area contributed by atoms with Crippen molar-refractivity contribution in [1.29, 1.82) is 0 Å². The predicted octanol–water partition coefficient (Wildman–Crippen LogP) is -0.143. The van der Waals surface area contributed by atoms with Crippen molar-refractivity contribution in [3.05, 3.63) is 29.8 Å². The molecule has 0 aliphatic carbocycles. The standard InChI is InChI=1S/C11H18N2O4S2/c1-9(8-18(2,14)15)13-7-10-3-5-11(6-4-10)19(12,16)17/h3-6,9,13H,7-8H2,1-2H3,(H2,12,16,17). The second-order valence-electron chi connectivity index (χ2n) is 4.56. The third kappa shape index (κ3) is 6.15. The quantitative estimate of drug-likeness (QED) is 0.760. The minimum absolute atomic E-state index is 0.0560. The van der Waals surface area contributed by atoms with E-state index in [1.807, 2.05) is 0 Å². The van der Waals surface area contributed by atoms with E-state index in [4.69, 9.17) is 5.14 Å². The van der Waals surface area contributed by atoms with Crippen LogP contribution in [0.15, 0.2) is 29.2 Å². The van der Waals surface area contributed by atoms with E-state index in [0.29, 0.717) is 6.54 Å². The average molecular weight is 306 g/mol. The van der Waals surface area contributed by atoms with Gasteiger partial charge in [-0.05, 0) is 24.6 Å². The first kappa shape index (κ1) is 16.1. The zero-order valence-electron chi connectivity index (χ0n) is 10.8. The maximum atomic E-state index is 11.1. The zero-order chi connectivity index (χ0) is 14.7. The van der Waals surface area contributed by atoms with Gasteiger partial charge in [0.1, 0.15) is 9.84 Å². The smallest absolute Gasteiger partial charge is 0.238 e. The first-order valence-electron chi connectivity index (χ1n) is 5.61. The van der Waals surface area contributed by atoms with Crippen LogP contribution in [0.4, 0.5) is 0 Å². The summed E-state index contributed by atoms with van der Waals surface area (Å²) in [7, 11) is -6.69. The van der Waals surface area contributed by atoms with Crippen molar-refractivity contribution in [2.45, 2.75) is 24.4 Å². The lowest BCUT2D eigenvalue weighted by Crippen LogP contribution is -2.32. The molecule has 1 rings (SSSR count). The first-order valence-corrected chi connectivity index (χ1v) is 9.21. The van der Waals surface area contributed by atoms with Crippen LogP contribution < -0.4 is 10.5 Å². The van der Waals surface area contributed by atoms with Crippen LogP contribution in [0.3, 0.4) is 0 Å². The summed E-state index contributed by atoms with van der Waals surface area (Å²) in [4.78, 5) is 0.0560. The summed E-state index contributed by atoms with van der Waals surface area (Å²) in [5.74, 6) is 0.0578. The van der Waals surface area contributed by atoms with Gasteiger partial charge in [-0.15, -0.1) is 0 Å². The van der Waals surface area contributed by atoms with Gasteiger partial charge in [-0.25, -0.2) is 22.0 Å². The van der Waals surface area contributed by atoms with E-state index in [-0.39, 0.29) is 16.7 Å². The maximum absolute atomic E-state index is 11.1. The molecular weight excluding hydrogens is 288 g/mol. The van der Waals surface area contributed by atoms with Gasteiger partial charge in [0, 0.05) is 18.8 Å². The van der Waals surface area contributed by atoms with Crippen molar-refractivity contribution in [1.82, 2.24) is 5.32 Å². The Labute approximate surface area is 114 Å². The molecule has 1 aromatic rings. The summed E-state index contributed by atoms with van der Waals surface area (Å²) in [5, 5.41) is 8.04. The minimum atomic E-state index is -3.67. The van der Waals surface area contributed by atoms with Crippen LogP contribution >= 0.6 is 0 Å². The number of hydrogen-bond donors (Lipinski definition) is 2. The predicted molar refractivity (Wildman–Crippen MR) is 73.8 cm³/mol. The summed E-state index contributed by atoms with van der Waals surface area (Å²) in [6.07, 6.45) is 1.19. The van der Waals surface area contributed by atoms with E-state index in [1.165, 1.54) is 18.4 Å². The molecule has 0 saturated heterocycles. The van der Waals surface area contributed by atoms with Gasteiger partial charge in [-0.2, -0.15) is 0 Å². The van der Waals surface area contributed by atoms with Gasteiger partial charge >= 0.3 is 0 Å². The topological polar surface area (TPSA) is 106 Å². The number of sulfonamides is 1. The molecule has 1 aromatic carbocycles. The summed E-state index contributed by atoms with van der Waals surface area (Å²) in [5.41, 5.74) is 0.854. The Hall–Kier alpha value is -0.960. The highest BCUT2D eigenvalue weighted by Crippen LogP contribution is 2.08. The molecule has 8 heteroatoms. The second kappa shape index (κ2) is 6.00. The van der Waals surface area contributed by atoms with Gasteiger partial charge in [-0.1, -0.05) is 12.1 Å².